The summed E-state index contributed by atoms with van der Waals surface area (Å²) in [6, 6.07) is 6.54. The van der Waals surface area contributed by atoms with Gasteiger partial charge >= 0.3 is 0 Å². The Morgan fingerprint density at radius 2 is 2.14 bits per heavy atom. The van der Waals surface area contributed by atoms with Gasteiger partial charge in [-0.2, -0.15) is 0 Å². The number of rotatable bonds is 2. The summed E-state index contributed by atoms with van der Waals surface area (Å²) in [4.78, 5) is 16.9. The van der Waals surface area contributed by atoms with Crippen molar-refractivity contribution in [2.45, 2.75) is 0 Å². The van der Waals surface area contributed by atoms with E-state index in [-0.39, 0.29) is 5.69 Å². The number of aromatic nitrogens is 2. The van der Waals surface area contributed by atoms with E-state index in [2.05, 4.69) is 9.97 Å². The highest BCUT2D eigenvalue weighted by Crippen LogP contribution is 2.26. The molecule has 2 aromatic rings. The van der Waals surface area contributed by atoms with Crippen molar-refractivity contribution in [2.75, 3.05) is 0 Å². The Labute approximate surface area is 79.6 Å². The van der Waals surface area contributed by atoms with Gasteiger partial charge in [0, 0.05) is 6.07 Å². The molecule has 1 aromatic carbocycles. The molecule has 1 heterocycles. The lowest BCUT2D eigenvalue weighted by molar-refractivity contribution is -0.384. The second-order valence-corrected chi connectivity index (χ2v) is 2.74. The SMILES string of the molecule is O=[N+]([O-])c1ccccc1-c1cnc[nH]1. The smallest absolute Gasteiger partial charge is 0.278 e. The summed E-state index contributed by atoms with van der Waals surface area (Å²) in [7, 11) is 0. The third kappa shape index (κ3) is 1.35. The van der Waals surface area contributed by atoms with E-state index < -0.39 is 4.92 Å². The van der Waals surface area contributed by atoms with E-state index in [4.69, 9.17) is 0 Å². The Bertz CT molecular complexity index is 451. The molecule has 70 valence electrons. The van der Waals surface area contributed by atoms with Gasteiger partial charge in [0.15, 0.2) is 0 Å². The first-order valence-electron chi connectivity index (χ1n) is 4.01. The first-order chi connectivity index (χ1) is 6.79. The highest BCUT2D eigenvalue weighted by molar-refractivity contribution is 5.69. The van der Waals surface area contributed by atoms with E-state index in [0.717, 1.165) is 0 Å². The van der Waals surface area contributed by atoms with Crippen LogP contribution in [0.25, 0.3) is 11.3 Å². The second-order valence-electron chi connectivity index (χ2n) is 2.74. The number of nitro groups is 1. The van der Waals surface area contributed by atoms with Crippen molar-refractivity contribution in [3.05, 3.63) is 46.9 Å². The summed E-state index contributed by atoms with van der Waals surface area (Å²) in [6.45, 7) is 0. The van der Waals surface area contributed by atoms with Crippen LogP contribution < -0.4 is 0 Å². The number of para-hydroxylation sites is 1. The van der Waals surface area contributed by atoms with Gasteiger partial charge in [-0.15, -0.1) is 0 Å². The Morgan fingerprint density at radius 3 is 2.79 bits per heavy atom. The minimum absolute atomic E-state index is 0.0803. The van der Waals surface area contributed by atoms with Crippen LogP contribution in [0.5, 0.6) is 0 Å². The summed E-state index contributed by atoms with van der Waals surface area (Å²) >= 11 is 0. The van der Waals surface area contributed by atoms with Gasteiger partial charge in [-0.1, -0.05) is 12.1 Å². The summed E-state index contributed by atoms with van der Waals surface area (Å²) in [5.74, 6) is 0. The molecule has 0 aliphatic heterocycles. The first-order valence-corrected chi connectivity index (χ1v) is 4.01. The summed E-state index contributed by atoms with van der Waals surface area (Å²) < 4.78 is 0. The van der Waals surface area contributed by atoms with Gasteiger partial charge in [-0.05, 0) is 6.07 Å². The molecule has 0 bridgehead atoms. The maximum Gasteiger partial charge on any atom is 0.278 e. The van der Waals surface area contributed by atoms with Gasteiger partial charge in [-0.25, -0.2) is 4.98 Å². The third-order valence-corrected chi connectivity index (χ3v) is 1.89. The molecule has 1 aromatic heterocycles. The lowest BCUT2D eigenvalue weighted by Crippen LogP contribution is -1.91. The second kappa shape index (κ2) is 3.29. The maximum absolute atomic E-state index is 10.7. The molecule has 0 amide bonds. The number of hydrogen-bond acceptors (Lipinski definition) is 3. The zero-order valence-corrected chi connectivity index (χ0v) is 7.18. The van der Waals surface area contributed by atoms with Crippen molar-refractivity contribution in [3.63, 3.8) is 0 Å². The van der Waals surface area contributed by atoms with E-state index in [9.17, 15) is 10.1 Å². The molecule has 5 nitrogen and oxygen atoms in total. The van der Waals surface area contributed by atoms with Crippen molar-refractivity contribution in [2.24, 2.45) is 0 Å². The van der Waals surface area contributed by atoms with Crippen molar-refractivity contribution in [1.82, 2.24) is 9.97 Å². The summed E-state index contributed by atoms with van der Waals surface area (Å²) in [6.07, 6.45) is 3.05. The number of nitrogens with one attached hydrogen (secondary N) is 1. The van der Waals surface area contributed by atoms with Crippen LogP contribution in [0.1, 0.15) is 0 Å². The standard InChI is InChI=1S/C9H7N3O2/c13-12(14)9-4-2-1-3-7(9)8-5-10-6-11-8/h1-6H,(H,10,11). The fourth-order valence-electron chi connectivity index (χ4n) is 1.26. The molecule has 0 aliphatic rings. The normalized spacial score (nSPS) is 10.0. The molecule has 5 heteroatoms. The Hall–Kier alpha value is -2.17. The number of aromatic amines is 1. The topological polar surface area (TPSA) is 71.8 Å². The van der Waals surface area contributed by atoms with Crippen LogP contribution in [0.3, 0.4) is 0 Å². The monoisotopic (exact) mass is 189 g/mol. The van der Waals surface area contributed by atoms with E-state index in [0.29, 0.717) is 11.3 Å². The molecule has 2 rings (SSSR count). The molecule has 0 radical (unpaired) electrons. The fourth-order valence-corrected chi connectivity index (χ4v) is 1.26. The van der Waals surface area contributed by atoms with Crippen LogP contribution >= 0.6 is 0 Å². The minimum Gasteiger partial charge on any atom is -0.344 e. The Kier molecular flexibility index (Phi) is 1.98. The maximum atomic E-state index is 10.7. The first kappa shape index (κ1) is 8.43. The van der Waals surface area contributed by atoms with Crippen LogP contribution in [0.15, 0.2) is 36.8 Å². The van der Waals surface area contributed by atoms with Gasteiger partial charge in [-0.3, -0.25) is 10.1 Å². The van der Waals surface area contributed by atoms with Crippen molar-refractivity contribution in [1.29, 1.82) is 0 Å². The molecule has 1 N–H and O–H groups in total. The van der Waals surface area contributed by atoms with Crippen LogP contribution in [-0.2, 0) is 0 Å². The van der Waals surface area contributed by atoms with Crippen molar-refractivity contribution < 1.29 is 4.92 Å². The van der Waals surface area contributed by atoms with E-state index >= 15 is 0 Å². The third-order valence-electron chi connectivity index (χ3n) is 1.89. The highest BCUT2D eigenvalue weighted by atomic mass is 16.6. The number of H-pyrrole nitrogens is 1. The Morgan fingerprint density at radius 1 is 1.36 bits per heavy atom. The summed E-state index contributed by atoms with van der Waals surface area (Å²) in [5, 5.41) is 10.7. The van der Waals surface area contributed by atoms with E-state index in [1.54, 1.807) is 24.4 Å². The predicted octanol–water partition coefficient (Wildman–Crippen LogP) is 1.98. The lowest BCUT2D eigenvalue weighted by Gasteiger charge is -1.98. The largest absolute Gasteiger partial charge is 0.344 e. The molecule has 0 saturated carbocycles. The van der Waals surface area contributed by atoms with Crippen LogP contribution in [0, 0.1) is 10.1 Å². The predicted molar refractivity (Wildman–Crippen MR) is 50.7 cm³/mol. The molecule has 0 unspecified atom stereocenters. The molecular formula is C9H7N3O2. The zero-order valence-electron chi connectivity index (χ0n) is 7.18. The van der Waals surface area contributed by atoms with Gasteiger partial charge in [0.05, 0.1) is 28.7 Å². The zero-order chi connectivity index (χ0) is 9.97. The number of nitrogens with zero attached hydrogens (tertiary/aromatic N) is 2. The quantitative estimate of drug-likeness (QED) is 0.580. The van der Waals surface area contributed by atoms with Crippen LogP contribution in [0.2, 0.25) is 0 Å². The molecule has 14 heavy (non-hydrogen) atoms. The number of nitro benzene ring substituents is 1. The molecule has 0 atom stereocenters. The minimum atomic E-state index is -0.407. The van der Waals surface area contributed by atoms with Gasteiger partial charge in [0.1, 0.15) is 0 Å². The van der Waals surface area contributed by atoms with E-state index in [1.165, 1.54) is 12.4 Å². The van der Waals surface area contributed by atoms with Gasteiger partial charge in [0.25, 0.3) is 5.69 Å². The molecule has 0 aliphatic carbocycles. The average Bonchev–Trinajstić information content (AvgIpc) is 2.70. The fraction of sp³-hybridized carbons (Fsp3) is 0. The lowest BCUT2D eigenvalue weighted by atomic mass is 10.1. The highest BCUT2D eigenvalue weighted by Gasteiger charge is 2.14. The van der Waals surface area contributed by atoms with Gasteiger partial charge < -0.3 is 4.98 Å². The number of imidazole rings is 1. The molecular weight excluding hydrogens is 182 g/mol. The Balaban J connectivity index is 2.58. The van der Waals surface area contributed by atoms with Gasteiger partial charge in [0.2, 0.25) is 0 Å². The van der Waals surface area contributed by atoms with E-state index in [1.807, 2.05) is 0 Å². The molecule has 0 spiro atoms. The van der Waals surface area contributed by atoms with Crippen molar-refractivity contribution >= 4 is 5.69 Å². The summed E-state index contributed by atoms with van der Waals surface area (Å²) in [5.41, 5.74) is 1.28. The van der Waals surface area contributed by atoms with Crippen molar-refractivity contribution in [3.8, 4) is 11.3 Å². The molecule has 0 fully saturated rings. The average molecular weight is 189 g/mol. The number of benzene rings is 1. The van der Waals surface area contributed by atoms with Crippen LogP contribution in [-0.4, -0.2) is 14.9 Å². The van der Waals surface area contributed by atoms with Crippen LogP contribution in [0.4, 0.5) is 5.69 Å². The number of hydrogen-bond donors (Lipinski definition) is 1. The molecule has 0 saturated heterocycles.